The van der Waals surface area contributed by atoms with E-state index in [2.05, 4.69) is 4.98 Å². The van der Waals surface area contributed by atoms with Crippen molar-refractivity contribution in [3.05, 3.63) is 53.0 Å². The Balaban J connectivity index is 1.39. The van der Waals surface area contributed by atoms with Gasteiger partial charge in [0.15, 0.2) is 5.69 Å². The Morgan fingerprint density at radius 2 is 1.94 bits per heavy atom. The van der Waals surface area contributed by atoms with E-state index in [0.29, 0.717) is 61.1 Å². The molecule has 33 heavy (non-hydrogen) atoms. The standard InChI is InChI=1S/C23H27N5O4S/c1-3-27-20-10-12-26(15-19(20)21(25-27)22-24-14-16(2)32-22)23(29)17-6-8-18(9-7-17)28-11-4-5-13-33(28,30)31/h6-9,14H,3-5,10-13,15H2,1-2H3. The number of rotatable bonds is 4. The van der Waals surface area contributed by atoms with Crippen molar-refractivity contribution in [3.63, 3.8) is 0 Å². The van der Waals surface area contributed by atoms with Gasteiger partial charge >= 0.3 is 0 Å². The molecule has 0 atom stereocenters. The molecule has 3 aromatic rings. The number of hydrogen-bond donors (Lipinski definition) is 0. The molecule has 0 unspecified atom stereocenters. The molecular formula is C23H27N5O4S. The highest BCUT2D eigenvalue weighted by molar-refractivity contribution is 7.92. The van der Waals surface area contributed by atoms with Crippen molar-refractivity contribution in [2.24, 2.45) is 0 Å². The van der Waals surface area contributed by atoms with E-state index in [0.717, 1.165) is 24.2 Å². The molecule has 1 amide bonds. The monoisotopic (exact) mass is 469 g/mol. The van der Waals surface area contributed by atoms with E-state index >= 15 is 0 Å². The Labute approximate surface area is 193 Å². The molecule has 5 rings (SSSR count). The number of sulfonamides is 1. The Bertz CT molecular complexity index is 1290. The number of hydrogen-bond acceptors (Lipinski definition) is 6. The summed E-state index contributed by atoms with van der Waals surface area (Å²) in [5, 5.41) is 4.70. The van der Waals surface area contributed by atoms with E-state index in [9.17, 15) is 13.2 Å². The van der Waals surface area contributed by atoms with E-state index in [-0.39, 0.29) is 11.7 Å². The van der Waals surface area contributed by atoms with E-state index in [4.69, 9.17) is 9.52 Å². The number of nitrogens with zero attached hydrogens (tertiary/aromatic N) is 5. The van der Waals surface area contributed by atoms with Crippen molar-refractivity contribution in [2.75, 3.05) is 23.1 Å². The minimum Gasteiger partial charge on any atom is -0.440 e. The topological polar surface area (TPSA) is 102 Å². The second kappa shape index (κ2) is 8.33. The zero-order valence-electron chi connectivity index (χ0n) is 18.8. The summed E-state index contributed by atoms with van der Waals surface area (Å²) in [6.45, 7) is 6.11. The molecule has 9 nitrogen and oxygen atoms in total. The number of anilines is 1. The average molecular weight is 470 g/mol. The lowest BCUT2D eigenvalue weighted by molar-refractivity contribution is 0.0733. The van der Waals surface area contributed by atoms with Gasteiger partial charge in [-0.05, 0) is 51.0 Å². The number of oxazole rings is 1. The van der Waals surface area contributed by atoms with Crippen molar-refractivity contribution >= 4 is 21.6 Å². The zero-order chi connectivity index (χ0) is 23.2. The summed E-state index contributed by atoms with van der Waals surface area (Å²) >= 11 is 0. The van der Waals surface area contributed by atoms with Crippen molar-refractivity contribution < 1.29 is 17.6 Å². The Hall–Kier alpha value is -3.14. The third-order valence-electron chi connectivity index (χ3n) is 6.30. The number of carbonyl (C=O) groups excluding carboxylic acids is 1. The lowest BCUT2D eigenvalue weighted by Gasteiger charge is -2.29. The summed E-state index contributed by atoms with van der Waals surface area (Å²) in [5.41, 5.74) is 3.90. The van der Waals surface area contributed by atoms with E-state index in [1.165, 1.54) is 4.31 Å². The number of aromatic nitrogens is 3. The first-order valence-electron chi connectivity index (χ1n) is 11.3. The van der Waals surface area contributed by atoms with Crippen LogP contribution in [0.4, 0.5) is 5.69 Å². The van der Waals surface area contributed by atoms with Gasteiger partial charge in [-0.2, -0.15) is 5.10 Å². The first-order valence-corrected chi connectivity index (χ1v) is 12.9. The highest BCUT2D eigenvalue weighted by Crippen LogP contribution is 2.31. The SMILES string of the molecule is CCn1nc(-c2ncc(C)o2)c2c1CCN(C(=O)c1ccc(N3CCCCS3(=O)=O)cc1)C2. The van der Waals surface area contributed by atoms with Gasteiger partial charge in [-0.1, -0.05) is 0 Å². The van der Waals surface area contributed by atoms with Crippen molar-refractivity contribution in [1.29, 1.82) is 0 Å². The van der Waals surface area contributed by atoms with E-state index in [1.807, 2.05) is 18.5 Å². The van der Waals surface area contributed by atoms with Crippen LogP contribution < -0.4 is 4.31 Å². The summed E-state index contributed by atoms with van der Waals surface area (Å²) < 4.78 is 33.9. The van der Waals surface area contributed by atoms with Crippen LogP contribution in [0.5, 0.6) is 0 Å². The molecule has 1 aromatic carbocycles. The van der Waals surface area contributed by atoms with Gasteiger partial charge in [0.2, 0.25) is 15.9 Å². The largest absolute Gasteiger partial charge is 0.440 e. The summed E-state index contributed by atoms with van der Waals surface area (Å²) in [6, 6.07) is 6.87. The second-order valence-electron chi connectivity index (χ2n) is 8.48. The fourth-order valence-corrected chi connectivity index (χ4v) is 6.23. The van der Waals surface area contributed by atoms with Gasteiger partial charge in [0.1, 0.15) is 5.76 Å². The molecule has 174 valence electrons. The second-order valence-corrected chi connectivity index (χ2v) is 10.5. The van der Waals surface area contributed by atoms with Crippen LogP contribution >= 0.6 is 0 Å². The molecule has 1 fully saturated rings. The summed E-state index contributed by atoms with van der Waals surface area (Å²) in [4.78, 5) is 19.4. The van der Waals surface area contributed by atoms with E-state index in [1.54, 1.807) is 35.4 Å². The van der Waals surface area contributed by atoms with Gasteiger partial charge < -0.3 is 9.32 Å². The molecule has 0 saturated carbocycles. The fourth-order valence-electron chi connectivity index (χ4n) is 4.59. The molecule has 2 aliphatic rings. The molecule has 10 heteroatoms. The van der Waals surface area contributed by atoms with Crippen LogP contribution in [0.25, 0.3) is 11.6 Å². The van der Waals surface area contributed by atoms with Crippen molar-refractivity contribution in [2.45, 2.75) is 46.2 Å². The predicted octanol–water partition coefficient (Wildman–Crippen LogP) is 2.99. The van der Waals surface area contributed by atoms with Crippen molar-refractivity contribution in [3.8, 4) is 11.6 Å². The van der Waals surface area contributed by atoms with Crippen LogP contribution in [-0.4, -0.2) is 52.8 Å². The maximum Gasteiger partial charge on any atom is 0.254 e. The maximum absolute atomic E-state index is 13.3. The molecule has 0 spiro atoms. The van der Waals surface area contributed by atoms with Crippen molar-refractivity contribution in [1.82, 2.24) is 19.7 Å². The zero-order valence-corrected chi connectivity index (χ0v) is 19.6. The summed E-state index contributed by atoms with van der Waals surface area (Å²) in [5.74, 6) is 1.26. The molecule has 1 saturated heterocycles. The smallest absolute Gasteiger partial charge is 0.254 e. The van der Waals surface area contributed by atoms with Crippen LogP contribution in [0.1, 0.15) is 47.1 Å². The quantitative estimate of drug-likeness (QED) is 0.582. The van der Waals surface area contributed by atoms with Gasteiger partial charge in [-0.3, -0.25) is 13.8 Å². The Morgan fingerprint density at radius 3 is 2.61 bits per heavy atom. The van der Waals surface area contributed by atoms with Gasteiger partial charge in [0, 0.05) is 42.9 Å². The molecular weight excluding hydrogens is 442 g/mol. The minimum absolute atomic E-state index is 0.0903. The molecule has 0 bridgehead atoms. The first-order chi connectivity index (χ1) is 15.9. The third kappa shape index (κ3) is 3.92. The predicted molar refractivity (Wildman–Crippen MR) is 123 cm³/mol. The minimum atomic E-state index is -3.28. The summed E-state index contributed by atoms with van der Waals surface area (Å²) in [6.07, 6.45) is 3.90. The van der Waals surface area contributed by atoms with Gasteiger partial charge in [-0.25, -0.2) is 13.4 Å². The molecule has 0 radical (unpaired) electrons. The third-order valence-corrected chi connectivity index (χ3v) is 8.17. The van der Waals surface area contributed by atoms with Crippen LogP contribution in [0, 0.1) is 6.92 Å². The fraction of sp³-hybridized carbons (Fsp3) is 0.435. The average Bonchev–Trinajstić information content (AvgIpc) is 3.41. The first kappa shape index (κ1) is 21.7. The number of carbonyl (C=O) groups is 1. The summed E-state index contributed by atoms with van der Waals surface area (Å²) in [7, 11) is -3.28. The number of benzene rings is 1. The van der Waals surface area contributed by atoms with Crippen LogP contribution in [0.3, 0.4) is 0 Å². The molecule has 0 aliphatic carbocycles. The maximum atomic E-state index is 13.3. The molecule has 4 heterocycles. The Kier molecular flexibility index (Phi) is 5.48. The lowest BCUT2D eigenvalue weighted by atomic mass is 10.0. The lowest BCUT2D eigenvalue weighted by Crippen LogP contribution is -2.38. The molecule has 0 N–H and O–H groups in total. The highest BCUT2D eigenvalue weighted by Gasteiger charge is 2.30. The van der Waals surface area contributed by atoms with Gasteiger partial charge in [0.25, 0.3) is 5.91 Å². The molecule has 2 aliphatic heterocycles. The normalized spacial score (nSPS) is 17.8. The Morgan fingerprint density at radius 1 is 1.15 bits per heavy atom. The number of amides is 1. The number of fused-ring (bicyclic) bond motifs is 1. The highest BCUT2D eigenvalue weighted by atomic mass is 32.2. The van der Waals surface area contributed by atoms with E-state index < -0.39 is 10.0 Å². The number of aryl methyl sites for hydroxylation is 2. The van der Waals surface area contributed by atoms with Gasteiger partial charge in [-0.15, -0.1) is 0 Å². The van der Waals surface area contributed by atoms with Crippen LogP contribution in [0.2, 0.25) is 0 Å². The molecule has 2 aromatic heterocycles. The van der Waals surface area contributed by atoms with Crippen LogP contribution in [-0.2, 0) is 29.5 Å². The van der Waals surface area contributed by atoms with Crippen LogP contribution in [0.15, 0.2) is 34.9 Å². The van der Waals surface area contributed by atoms with Gasteiger partial charge in [0.05, 0.1) is 24.2 Å².